The van der Waals surface area contributed by atoms with Gasteiger partial charge in [0.1, 0.15) is 0 Å². The number of unbranched alkanes of at least 4 members (excludes halogenated alkanes) is 2. The van der Waals surface area contributed by atoms with Gasteiger partial charge in [-0.1, -0.05) is 68.5 Å². The molecule has 4 rings (SSSR count). The fraction of sp³-hybridized carbons (Fsp3) is 0.457. The number of allylic oxidation sites excluding steroid dienone is 6. The fourth-order valence-corrected chi connectivity index (χ4v) is 6.63. The first kappa shape index (κ1) is 32.6. The van der Waals surface area contributed by atoms with E-state index in [2.05, 4.69) is 121 Å². The Labute approximate surface area is 262 Å². The van der Waals surface area contributed by atoms with Crippen LogP contribution in [0.25, 0.3) is 0 Å². The Hall–Kier alpha value is -2.27. The highest BCUT2D eigenvalue weighted by Crippen LogP contribution is 2.47. The van der Waals surface area contributed by atoms with Gasteiger partial charge in [-0.15, -0.1) is 0 Å². The van der Waals surface area contributed by atoms with Gasteiger partial charge in [0.05, 0.1) is 12.0 Å². The number of anilines is 1. The molecule has 0 amide bonds. The van der Waals surface area contributed by atoms with Crippen molar-refractivity contribution in [2.75, 3.05) is 45.0 Å². The topological polar surface area (TPSA) is 44.9 Å². The Morgan fingerprint density at radius 2 is 1.67 bits per heavy atom. The van der Waals surface area contributed by atoms with Crippen LogP contribution < -0.4 is 17.3 Å². The highest BCUT2D eigenvalue weighted by Gasteiger charge is 2.44. The van der Waals surface area contributed by atoms with Gasteiger partial charge in [-0.25, -0.2) is 0 Å². The third kappa shape index (κ3) is 7.44. The smallest absolute Gasteiger partial charge is 0.210 e. The molecule has 228 valence electrons. The molecule has 1 atom stereocenters. The molecule has 0 saturated carbocycles. The summed E-state index contributed by atoms with van der Waals surface area (Å²) in [6.07, 6.45) is 15.0. The second-order valence-electron chi connectivity index (χ2n) is 11.8. The molecule has 1 N–H and O–H groups in total. The quantitative estimate of drug-likeness (QED) is 0.133. The number of halogens is 1. The van der Waals surface area contributed by atoms with E-state index in [1.54, 1.807) is 7.11 Å². The van der Waals surface area contributed by atoms with Gasteiger partial charge in [-0.3, -0.25) is 0 Å². The third-order valence-corrected chi connectivity index (χ3v) is 9.47. The summed E-state index contributed by atoms with van der Waals surface area (Å²) in [5.41, 5.74) is 7.79. The van der Waals surface area contributed by atoms with Gasteiger partial charge in [0, 0.05) is 67.9 Å². The summed E-state index contributed by atoms with van der Waals surface area (Å²) < 4.78 is 20.5. The van der Waals surface area contributed by atoms with Crippen LogP contribution in [0.2, 0.25) is 0 Å². The Morgan fingerprint density at radius 1 is 0.929 bits per heavy atom. The van der Waals surface area contributed by atoms with Gasteiger partial charge < -0.3 is 31.5 Å². The molecule has 0 fully saturated rings. The lowest BCUT2D eigenvalue weighted by Crippen LogP contribution is -3.00. The number of nitrogens with zero attached hydrogens (tertiary/aromatic N) is 2. The number of hydrogen-bond acceptors (Lipinski definition) is 4. The van der Waals surface area contributed by atoms with Crippen LogP contribution in [0.5, 0.6) is 0 Å². The van der Waals surface area contributed by atoms with Gasteiger partial charge in [0.2, 0.25) is 7.12 Å². The first-order valence-electron chi connectivity index (χ1n) is 15.3. The number of benzene rings is 2. The van der Waals surface area contributed by atoms with E-state index in [0.717, 1.165) is 38.8 Å². The van der Waals surface area contributed by atoms with E-state index < -0.39 is 8.38 Å². The SMILES string of the molecule is [3H]OCCCCCN1C(=CC=CC=CC2=[N+](CCCOP(C)OC)c3ccccc3C2(C)C)C(C)(C)c2ccccc21.[Cl-]. The van der Waals surface area contributed by atoms with Crippen molar-refractivity contribution in [2.24, 2.45) is 0 Å². The zero-order chi connectivity index (χ0) is 30.2. The van der Waals surface area contributed by atoms with E-state index >= 15 is 0 Å². The monoisotopic (exact) mass is 612 g/mol. The number of para-hydroxylation sites is 2. The van der Waals surface area contributed by atoms with Crippen molar-refractivity contribution in [3.05, 3.63) is 95.7 Å². The van der Waals surface area contributed by atoms with Crippen molar-refractivity contribution < 1.29 is 31.1 Å². The molecule has 5 nitrogen and oxygen atoms in total. The summed E-state index contributed by atoms with van der Waals surface area (Å²) in [7, 11) is 0.899. The zero-order valence-corrected chi connectivity index (χ0v) is 27.8. The van der Waals surface area contributed by atoms with Crippen molar-refractivity contribution in [3.63, 3.8) is 0 Å². The first-order chi connectivity index (χ1) is 20.2. The van der Waals surface area contributed by atoms with E-state index in [1.807, 2.05) is 6.66 Å². The number of aliphatic hydroxyl groups is 1. The minimum Gasteiger partial charge on any atom is -1.00 e. The highest BCUT2D eigenvalue weighted by atomic mass is 35.5. The number of aliphatic hydroxyl groups excluding tert-OH is 1. The molecule has 0 aliphatic carbocycles. The summed E-state index contributed by atoms with van der Waals surface area (Å²) in [6, 6.07) is 17.5. The number of fused-ring (bicyclic) bond motifs is 2. The molecule has 0 aromatic heterocycles. The molecular weight excluding hydrogens is 563 g/mol. The number of rotatable bonds is 15. The average molecular weight is 613 g/mol. The summed E-state index contributed by atoms with van der Waals surface area (Å²) in [5, 5.41) is 4.51. The van der Waals surface area contributed by atoms with Gasteiger partial charge in [0.15, 0.2) is 20.6 Å². The van der Waals surface area contributed by atoms with Crippen LogP contribution in [0.3, 0.4) is 0 Å². The number of hydrogen-bond donors (Lipinski definition) is 1. The standard InChI is InChI=1S/C35H48N2O3P.ClH/c1-34(2)28-18-11-13-20-30(28)36(24-15-8-16-26-38)32(34)22-9-7-10-23-33-35(3,4)29-19-12-14-21-31(29)37(33)25-17-27-40-41(6)39-5;/h7,9-14,18-23,38H,8,15-17,24-27H2,1-6H3;1H/q+1;/p-1/i38T;. The molecule has 2 heterocycles. The second-order valence-corrected chi connectivity index (χ2v) is 13.3. The van der Waals surface area contributed by atoms with E-state index in [-0.39, 0.29) is 23.2 Å². The maximum absolute atomic E-state index is 6.93. The summed E-state index contributed by atoms with van der Waals surface area (Å²) >= 11 is 0. The molecule has 0 bridgehead atoms. The van der Waals surface area contributed by atoms with Crippen LogP contribution in [0.4, 0.5) is 11.4 Å². The molecule has 2 aliphatic rings. The molecule has 2 aromatic rings. The highest BCUT2D eigenvalue weighted by molar-refractivity contribution is 7.46. The zero-order valence-electron chi connectivity index (χ0n) is 27.1. The van der Waals surface area contributed by atoms with Crippen molar-refractivity contribution in [2.45, 2.75) is 64.2 Å². The van der Waals surface area contributed by atoms with Gasteiger partial charge in [-0.2, -0.15) is 4.58 Å². The summed E-state index contributed by atoms with van der Waals surface area (Å²) in [5.74, 6) is 0. The normalized spacial score (nSPS) is 19.0. The Balaban J connectivity index is 0.00000506. The van der Waals surface area contributed by atoms with E-state index in [4.69, 9.17) is 10.5 Å². The van der Waals surface area contributed by atoms with Crippen LogP contribution in [0.15, 0.2) is 84.6 Å². The van der Waals surface area contributed by atoms with Crippen LogP contribution >= 0.6 is 8.38 Å². The predicted octanol–water partition coefficient (Wildman–Crippen LogP) is 5.02. The van der Waals surface area contributed by atoms with Crippen molar-refractivity contribution in [1.29, 1.82) is 1.43 Å². The maximum Gasteiger partial charge on any atom is 0.210 e. The van der Waals surface area contributed by atoms with Crippen LogP contribution in [-0.2, 0) is 19.9 Å². The molecule has 2 aromatic carbocycles. The van der Waals surface area contributed by atoms with Crippen molar-refractivity contribution >= 4 is 25.5 Å². The summed E-state index contributed by atoms with van der Waals surface area (Å²) in [4.78, 5) is 2.48. The second kappa shape index (κ2) is 15.5. The lowest BCUT2D eigenvalue weighted by atomic mass is 9.81. The van der Waals surface area contributed by atoms with Crippen molar-refractivity contribution in [1.82, 2.24) is 0 Å². The molecule has 2 aliphatic heterocycles. The van der Waals surface area contributed by atoms with Crippen LogP contribution in [0.1, 0.15) is 64.5 Å². The molecule has 1 unspecified atom stereocenters. The molecule has 0 radical (unpaired) electrons. The maximum atomic E-state index is 6.93. The minimum absolute atomic E-state index is 0. The Kier molecular flexibility index (Phi) is 12.0. The van der Waals surface area contributed by atoms with E-state index in [1.165, 1.54) is 33.9 Å². The molecule has 0 saturated heterocycles. The minimum atomic E-state index is -0.804. The third-order valence-electron chi connectivity index (χ3n) is 8.41. The van der Waals surface area contributed by atoms with Crippen molar-refractivity contribution in [3.8, 4) is 0 Å². The van der Waals surface area contributed by atoms with E-state index in [0.29, 0.717) is 13.2 Å². The average Bonchev–Trinajstić information content (AvgIpc) is 3.33. The first-order valence-corrected chi connectivity index (χ1v) is 16.5. The molecular formula is C35H48ClN2O3P. The van der Waals surface area contributed by atoms with Crippen LogP contribution in [-0.4, -0.2) is 56.9 Å². The lowest BCUT2D eigenvalue weighted by Gasteiger charge is -2.27. The Bertz CT molecular complexity index is 1340. The van der Waals surface area contributed by atoms with Gasteiger partial charge >= 0.3 is 0 Å². The predicted molar refractivity (Wildman–Crippen MR) is 174 cm³/mol. The molecule has 7 heteroatoms. The Morgan fingerprint density at radius 3 is 2.43 bits per heavy atom. The largest absolute Gasteiger partial charge is 1.00 e. The molecule has 0 spiro atoms. The van der Waals surface area contributed by atoms with Gasteiger partial charge in [-0.05, 0) is 50.8 Å². The fourth-order valence-electron chi connectivity index (χ4n) is 6.14. The lowest BCUT2D eigenvalue weighted by molar-refractivity contribution is -0.438. The summed E-state index contributed by atoms with van der Waals surface area (Å²) in [6.45, 7) is 14.3. The van der Waals surface area contributed by atoms with E-state index in [9.17, 15) is 0 Å². The van der Waals surface area contributed by atoms with Gasteiger partial charge in [0.25, 0.3) is 0 Å². The molecule has 42 heavy (non-hydrogen) atoms. The van der Waals surface area contributed by atoms with Crippen LogP contribution in [0, 0.1) is 0 Å².